The van der Waals surface area contributed by atoms with Crippen molar-refractivity contribution in [3.63, 3.8) is 0 Å². The van der Waals surface area contributed by atoms with Crippen molar-refractivity contribution in [2.24, 2.45) is 0 Å². The van der Waals surface area contributed by atoms with Gasteiger partial charge in [0.25, 0.3) is 11.8 Å². The Hall–Kier alpha value is -5.58. The van der Waals surface area contributed by atoms with E-state index >= 15 is 0 Å². The molecule has 0 aromatic heterocycles. The molecule has 0 heterocycles. The lowest BCUT2D eigenvalue weighted by atomic mass is 10.1. The molecule has 3 N–H and O–H groups in total. The average Bonchev–Trinajstić information content (AvgIpc) is 3.12. The first-order valence-electron chi connectivity index (χ1n) is 14.9. The van der Waals surface area contributed by atoms with Gasteiger partial charge in [0.15, 0.2) is 0 Å². The van der Waals surface area contributed by atoms with E-state index in [9.17, 15) is 18.8 Å². The third-order valence-corrected chi connectivity index (χ3v) is 8.75. The normalized spacial score (nSPS) is 11.6. The van der Waals surface area contributed by atoms with E-state index in [1.807, 2.05) is 36.4 Å². The highest BCUT2D eigenvalue weighted by Gasteiger charge is 2.24. The molecule has 3 amide bonds. The first-order chi connectivity index (χ1) is 23.7. The summed E-state index contributed by atoms with van der Waals surface area (Å²) in [5.41, 5.74) is 1.62. The summed E-state index contributed by atoms with van der Waals surface area (Å²) < 4.78 is 25.5. The monoisotopic (exact) mass is 695 g/mol. The molecular formula is C38H31ClFN3O5S. The van der Waals surface area contributed by atoms with Gasteiger partial charge in [0.2, 0.25) is 5.91 Å². The van der Waals surface area contributed by atoms with Crippen molar-refractivity contribution in [1.82, 2.24) is 5.32 Å². The zero-order chi connectivity index (χ0) is 34.8. The van der Waals surface area contributed by atoms with Crippen LogP contribution in [0, 0.1) is 5.82 Å². The van der Waals surface area contributed by atoms with Crippen LogP contribution in [0.25, 0.3) is 6.08 Å². The highest BCUT2D eigenvalue weighted by molar-refractivity contribution is 8.00. The molecule has 0 fully saturated rings. The molecule has 0 bridgehead atoms. The number of nitrogens with one attached hydrogen (secondary N) is 3. The van der Waals surface area contributed by atoms with Crippen molar-refractivity contribution >= 4 is 58.5 Å². The number of rotatable bonds is 12. The van der Waals surface area contributed by atoms with Crippen molar-refractivity contribution in [2.75, 3.05) is 24.9 Å². The number of hydrogen-bond acceptors (Lipinski definition) is 6. The van der Waals surface area contributed by atoms with Crippen LogP contribution in [-0.2, 0) is 9.59 Å². The van der Waals surface area contributed by atoms with E-state index in [0.29, 0.717) is 33.3 Å². The predicted octanol–water partition coefficient (Wildman–Crippen LogP) is 8.38. The Morgan fingerprint density at radius 2 is 1.51 bits per heavy atom. The summed E-state index contributed by atoms with van der Waals surface area (Å²) in [6.45, 7) is 0. The van der Waals surface area contributed by atoms with Gasteiger partial charge in [-0.2, -0.15) is 0 Å². The van der Waals surface area contributed by atoms with Crippen LogP contribution in [-0.4, -0.2) is 31.9 Å². The van der Waals surface area contributed by atoms with Crippen molar-refractivity contribution in [1.29, 1.82) is 0 Å². The topological polar surface area (TPSA) is 106 Å². The van der Waals surface area contributed by atoms with Gasteiger partial charge in [-0.05, 0) is 66.2 Å². The number of thioether (sulfide) groups is 1. The molecule has 0 aliphatic carbocycles. The second-order valence-electron chi connectivity index (χ2n) is 10.5. The van der Waals surface area contributed by atoms with Crippen LogP contribution in [0.15, 0.2) is 132 Å². The zero-order valence-corrected chi connectivity index (χ0v) is 28.0. The maximum absolute atomic E-state index is 14.7. The third-order valence-electron chi connectivity index (χ3n) is 7.17. The zero-order valence-electron chi connectivity index (χ0n) is 26.4. The van der Waals surface area contributed by atoms with E-state index in [1.165, 1.54) is 43.1 Å². The highest BCUT2D eigenvalue weighted by atomic mass is 35.5. The predicted molar refractivity (Wildman–Crippen MR) is 192 cm³/mol. The summed E-state index contributed by atoms with van der Waals surface area (Å²) >= 11 is 7.52. The van der Waals surface area contributed by atoms with Gasteiger partial charge in [-0.1, -0.05) is 72.3 Å². The molecule has 0 radical (unpaired) electrons. The number of benzene rings is 5. The lowest BCUT2D eigenvalue weighted by Gasteiger charge is -2.19. The van der Waals surface area contributed by atoms with Gasteiger partial charge in [-0.15, -0.1) is 11.8 Å². The molecule has 8 nitrogen and oxygen atoms in total. The summed E-state index contributed by atoms with van der Waals surface area (Å²) in [5, 5.41) is 7.70. The van der Waals surface area contributed by atoms with Crippen molar-refractivity contribution < 1.29 is 28.2 Å². The summed E-state index contributed by atoms with van der Waals surface area (Å²) in [6.07, 6.45) is 1.19. The number of methoxy groups -OCH3 is 2. The summed E-state index contributed by atoms with van der Waals surface area (Å²) in [6, 6.07) is 33.7. The Bertz CT molecular complexity index is 1970. The van der Waals surface area contributed by atoms with Crippen molar-refractivity contribution in [2.45, 2.75) is 10.1 Å². The first-order valence-corrected chi connectivity index (χ1v) is 16.2. The van der Waals surface area contributed by atoms with E-state index in [1.54, 1.807) is 73.8 Å². The Morgan fingerprint density at radius 1 is 0.796 bits per heavy atom. The molecule has 5 aromatic rings. The second-order valence-corrected chi connectivity index (χ2v) is 12.0. The molecule has 0 saturated heterocycles. The average molecular weight is 696 g/mol. The van der Waals surface area contributed by atoms with Crippen LogP contribution >= 0.6 is 23.4 Å². The van der Waals surface area contributed by atoms with Gasteiger partial charge in [-0.3, -0.25) is 14.4 Å². The minimum atomic E-state index is -0.713. The summed E-state index contributed by atoms with van der Waals surface area (Å²) in [4.78, 5) is 41.1. The van der Waals surface area contributed by atoms with Crippen LogP contribution < -0.4 is 25.4 Å². The number of carbonyl (C=O) groups excluding carboxylic acids is 3. The lowest BCUT2D eigenvalue weighted by molar-refractivity contribution is -0.116. The van der Waals surface area contributed by atoms with Crippen LogP contribution in [0.3, 0.4) is 0 Å². The minimum Gasteiger partial charge on any atom is -0.497 e. The Labute approximate surface area is 292 Å². The molecular weight excluding hydrogens is 665 g/mol. The molecule has 0 aliphatic heterocycles. The molecule has 248 valence electrons. The maximum atomic E-state index is 14.7. The number of hydrogen-bond donors (Lipinski definition) is 3. The van der Waals surface area contributed by atoms with Gasteiger partial charge < -0.3 is 25.4 Å². The van der Waals surface area contributed by atoms with Crippen LogP contribution in [0.4, 0.5) is 15.8 Å². The van der Waals surface area contributed by atoms with Gasteiger partial charge in [0, 0.05) is 27.8 Å². The molecule has 1 atom stereocenters. The van der Waals surface area contributed by atoms with Crippen LogP contribution in [0.1, 0.15) is 26.7 Å². The smallest absolute Gasteiger partial charge is 0.272 e. The molecule has 5 aromatic carbocycles. The van der Waals surface area contributed by atoms with Crippen molar-refractivity contribution in [3.8, 4) is 11.5 Å². The largest absolute Gasteiger partial charge is 0.497 e. The fourth-order valence-electron chi connectivity index (χ4n) is 4.72. The molecule has 0 saturated carbocycles. The summed E-state index contributed by atoms with van der Waals surface area (Å²) in [5.74, 6) is -1.22. The van der Waals surface area contributed by atoms with Crippen molar-refractivity contribution in [3.05, 3.63) is 155 Å². The summed E-state index contributed by atoms with van der Waals surface area (Å²) in [7, 11) is 3.05. The standard InChI is InChI=1S/C38H31ClFN3O5S/c1-47-27-19-20-32(34(22-27)48-2)42-38(46)35(24-11-5-3-6-12-24)49-28-16-9-15-26(21-28)41-37(45)33(23-29-30(39)17-10-18-31(29)40)43-36(44)25-13-7-4-8-14-25/h3-23,35H,1-2H3,(H,41,45)(H,42,46)(H,43,44)/b33-23+. The van der Waals surface area contributed by atoms with Gasteiger partial charge in [0.1, 0.15) is 28.3 Å². The molecule has 49 heavy (non-hydrogen) atoms. The molecule has 0 spiro atoms. The second kappa shape index (κ2) is 16.5. The van der Waals surface area contributed by atoms with E-state index in [0.717, 1.165) is 5.56 Å². The van der Waals surface area contributed by atoms with E-state index in [-0.39, 0.29) is 22.2 Å². The fourth-order valence-corrected chi connectivity index (χ4v) is 6.02. The Balaban J connectivity index is 1.40. The van der Waals surface area contributed by atoms with E-state index < -0.39 is 22.9 Å². The van der Waals surface area contributed by atoms with Gasteiger partial charge in [0.05, 0.1) is 24.9 Å². The number of carbonyl (C=O) groups is 3. The van der Waals surface area contributed by atoms with Gasteiger partial charge >= 0.3 is 0 Å². The number of amides is 3. The maximum Gasteiger partial charge on any atom is 0.272 e. The van der Waals surface area contributed by atoms with Gasteiger partial charge in [-0.25, -0.2) is 4.39 Å². The molecule has 0 aliphatic rings. The molecule has 1 unspecified atom stereocenters. The van der Waals surface area contributed by atoms with E-state index in [2.05, 4.69) is 16.0 Å². The Kier molecular flexibility index (Phi) is 11.7. The fraction of sp³-hybridized carbons (Fsp3) is 0.0789. The molecule has 5 rings (SSSR count). The highest BCUT2D eigenvalue weighted by Crippen LogP contribution is 2.38. The number of halogens is 2. The minimum absolute atomic E-state index is 0.0582. The number of anilines is 2. The quantitative estimate of drug-likeness (QED) is 0.0895. The number of ether oxygens (including phenoxy) is 2. The Morgan fingerprint density at radius 3 is 2.20 bits per heavy atom. The molecule has 11 heteroatoms. The lowest BCUT2D eigenvalue weighted by Crippen LogP contribution is -2.30. The first kappa shape index (κ1) is 34.7. The third kappa shape index (κ3) is 9.07. The van der Waals surface area contributed by atoms with Crippen LogP contribution in [0.5, 0.6) is 11.5 Å². The SMILES string of the molecule is COc1ccc(NC(=O)C(Sc2cccc(NC(=O)/C(=C\c3c(F)cccc3Cl)NC(=O)c3ccccc3)c2)c2ccccc2)c(OC)c1. The van der Waals surface area contributed by atoms with E-state index in [4.69, 9.17) is 21.1 Å². The van der Waals surface area contributed by atoms with Crippen LogP contribution in [0.2, 0.25) is 5.02 Å².